The van der Waals surface area contributed by atoms with Crippen molar-refractivity contribution < 1.29 is 57.2 Å². The van der Waals surface area contributed by atoms with Crippen molar-refractivity contribution in [2.45, 2.75) is 110 Å². The zero-order valence-electron chi connectivity index (χ0n) is 31.0. The molecule has 4 rings (SSSR count). The standard InChI is InChI=1S/C20H28O6.C19H26O6/c1-12(2)19(23)24-11-18(22)25-16(10-17(21)26-20(3,4)5)15-9-13-6-7-14(15)8-13;1-5-16(20)23-11-18(22)24-15(10-17(21)25-19(2,3)4)14-9-12-6-7-13(14)8-12/h6-7,13-16H,1,8-11H2,2-5H3;5-7,12-15H,1,8-11H2,2-4H3. The third-order valence-electron chi connectivity index (χ3n) is 8.93. The number of fused-ring (bicyclic) bond motifs is 4. The summed E-state index contributed by atoms with van der Waals surface area (Å²) in [6.45, 7) is 18.0. The molecule has 0 aromatic heterocycles. The van der Waals surface area contributed by atoms with Crippen LogP contribution in [0.4, 0.5) is 0 Å². The van der Waals surface area contributed by atoms with Crippen LogP contribution in [0, 0.1) is 35.5 Å². The summed E-state index contributed by atoms with van der Waals surface area (Å²) in [6.07, 6.45) is 12.3. The summed E-state index contributed by atoms with van der Waals surface area (Å²) in [5.74, 6) is -1.74. The Hall–Kier alpha value is -4.22. The fourth-order valence-corrected chi connectivity index (χ4v) is 7.00. The molecule has 0 aromatic rings. The molecular formula is C39H54O12. The third kappa shape index (κ3) is 13.8. The van der Waals surface area contributed by atoms with E-state index in [2.05, 4.69) is 37.5 Å². The first-order valence-electron chi connectivity index (χ1n) is 17.5. The summed E-state index contributed by atoms with van der Waals surface area (Å²) in [4.78, 5) is 71.0. The Morgan fingerprint density at radius 2 is 1.08 bits per heavy atom. The molecule has 4 aliphatic carbocycles. The fraction of sp³-hybridized carbons (Fsp3) is 0.641. The van der Waals surface area contributed by atoms with Crippen LogP contribution >= 0.6 is 0 Å². The maximum atomic E-state index is 12.2. The van der Waals surface area contributed by atoms with Crippen molar-refractivity contribution in [1.82, 2.24) is 0 Å². The molecule has 0 aromatic carbocycles. The van der Waals surface area contributed by atoms with E-state index in [9.17, 15) is 28.8 Å². The maximum absolute atomic E-state index is 12.2. The van der Waals surface area contributed by atoms with Crippen LogP contribution in [-0.2, 0) is 57.2 Å². The number of carbonyl (C=O) groups is 6. The van der Waals surface area contributed by atoms with E-state index in [-0.39, 0.29) is 30.3 Å². The van der Waals surface area contributed by atoms with Gasteiger partial charge in [-0.2, -0.15) is 0 Å². The smallest absolute Gasteiger partial charge is 0.344 e. The summed E-state index contributed by atoms with van der Waals surface area (Å²) in [5, 5.41) is 0. The second-order valence-corrected chi connectivity index (χ2v) is 15.7. The van der Waals surface area contributed by atoms with Gasteiger partial charge in [0.25, 0.3) is 0 Å². The molecule has 0 amide bonds. The van der Waals surface area contributed by atoms with E-state index < -0.39 is 72.4 Å². The van der Waals surface area contributed by atoms with Gasteiger partial charge in [0.2, 0.25) is 0 Å². The van der Waals surface area contributed by atoms with Crippen molar-refractivity contribution in [3.63, 3.8) is 0 Å². The Morgan fingerprint density at radius 1 is 0.667 bits per heavy atom. The number of esters is 6. The Labute approximate surface area is 300 Å². The molecule has 282 valence electrons. The molecule has 51 heavy (non-hydrogen) atoms. The van der Waals surface area contributed by atoms with Crippen LogP contribution in [0.2, 0.25) is 0 Å². The van der Waals surface area contributed by atoms with Gasteiger partial charge in [0, 0.05) is 23.5 Å². The Balaban J connectivity index is 0.000000276. The molecule has 0 radical (unpaired) electrons. The molecule has 4 bridgehead atoms. The van der Waals surface area contributed by atoms with Crippen LogP contribution in [0.15, 0.2) is 49.1 Å². The molecule has 0 aliphatic heterocycles. The van der Waals surface area contributed by atoms with Gasteiger partial charge in [0.1, 0.15) is 23.4 Å². The lowest BCUT2D eigenvalue weighted by Gasteiger charge is -2.29. The van der Waals surface area contributed by atoms with Crippen LogP contribution in [-0.4, -0.2) is 72.4 Å². The maximum Gasteiger partial charge on any atom is 0.344 e. The minimum atomic E-state index is -0.691. The van der Waals surface area contributed by atoms with Crippen molar-refractivity contribution in [2.24, 2.45) is 35.5 Å². The van der Waals surface area contributed by atoms with Crippen molar-refractivity contribution in [3.8, 4) is 0 Å². The van der Waals surface area contributed by atoms with E-state index in [0.29, 0.717) is 23.7 Å². The van der Waals surface area contributed by atoms with Gasteiger partial charge >= 0.3 is 35.8 Å². The van der Waals surface area contributed by atoms with E-state index in [1.807, 2.05) is 0 Å². The van der Waals surface area contributed by atoms with Crippen LogP contribution in [0.3, 0.4) is 0 Å². The molecule has 0 saturated heterocycles. The van der Waals surface area contributed by atoms with Gasteiger partial charge in [-0.3, -0.25) is 9.59 Å². The molecular weight excluding hydrogens is 660 g/mol. The molecule has 0 heterocycles. The Kier molecular flexibility index (Phi) is 14.4. The summed E-state index contributed by atoms with van der Waals surface area (Å²) >= 11 is 0. The zero-order valence-corrected chi connectivity index (χ0v) is 31.0. The van der Waals surface area contributed by atoms with E-state index in [1.54, 1.807) is 41.5 Å². The number of rotatable bonds is 14. The molecule has 12 heteroatoms. The second kappa shape index (κ2) is 17.8. The van der Waals surface area contributed by atoms with Gasteiger partial charge in [-0.15, -0.1) is 0 Å². The van der Waals surface area contributed by atoms with E-state index >= 15 is 0 Å². The van der Waals surface area contributed by atoms with Gasteiger partial charge in [0.15, 0.2) is 13.2 Å². The second-order valence-electron chi connectivity index (χ2n) is 15.7. The van der Waals surface area contributed by atoms with Gasteiger partial charge in [-0.25, -0.2) is 19.2 Å². The lowest BCUT2D eigenvalue weighted by atomic mass is 9.87. The van der Waals surface area contributed by atoms with Gasteiger partial charge < -0.3 is 28.4 Å². The summed E-state index contributed by atoms with van der Waals surface area (Å²) in [7, 11) is 0. The largest absolute Gasteiger partial charge is 0.460 e. The summed E-state index contributed by atoms with van der Waals surface area (Å²) in [6, 6.07) is 0. The molecule has 8 unspecified atom stereocenters. The highest BCUT2D eigenvalue weighted by Crippen LogP contribution is 2.47. The average molecular weight is 715 g/mol. The Bertz CT molecular complexity index is 1390. The number of hydrogen-bond donors (Lipinski definition) is 0. The number of allylic oxidation sites excluding steroid dienone is 4. The quantitative estimate of drug-likeness (QED) is 0.0960. The molecule has 2 saturated carbocycles. The summed E-state index contributed by atoms with van der Waals surface area (Å²) in [5.41, 5.74) is -0.988. The molecule has 2 fully saturated rings. The van der Waals surface area contributed by atoms with Gasteiger partial charge in [-0.05, 0) is 97.8 Å². The highest BCUT2D eigenvalue weighted by molar-refractivity contribution is 5.88. The first-order chi connectivity index (χ1) is 23.7. The molecule has 4 aliphatic rings. The molecule has 0 spiro atoms. The normalized spacial score (nSPS) is 25.1. The number of ether oxygens (including phenoxy) is 6. The molecule has 8 atom stereocenters. The fourth-order valence-electron chi connectivity index (χ4n) is 7.00. The molecule has 12 nitrogen and oxygen atoms in total. The highest BCUT2D eigenvalue weighted by Gasteiger charge is 2.44. The Morgan fingerprint density at radius 3 is 1.39 bits per heavy atom. The van der Waals surface area contributed by atoms with Crippen molar-refractivity contribution in [1.29, 1.82) is 0 Å². The molecule has 0 N–H and O–H groups in total. The van der Waals surface area contributed by atoms with Gasteiger partial charge in [0.05, 0.1) is 12.8 Å². The minimum absolute atomic E-state index is 0.000140. The van der Waals surface area contributed by atoms with E-state index in [0.717, 1.165) is 31.8 Å². The van der Waals surface area contributed by atoms with Crippen LogP contribution in [0.1, 0.15) is 87.0 Å². The van der Waals surface area contributed by atoms with E-state index in [1.165, 1.54) is 6.92 Å². The van der Waals surface area contributed by atoms with Crippen LogP contribution in [0.25, 0.3) is 0 Å². The summed E-state index contributed by atoms with van der Waals surface area (Å²) < 4.78 is 31.3. The van der Waals surface area contributed by atoms with Crippen LogP contribution < -0.4 is 0 Å². The first kappa shape index (κ1) is 41.2. The zero-order chi connectivity index (χ0) is 38.1. The lowest BCUT2D eigenvalue weighted by Crippen LogP contribution is -2.35. The first-order valence-corrected chi connectivity index (χ1v) is 17.5. The van der Waals surface area contributed by atoms with Gasteiger partial charge in [-0.1, -0.05) is 37.5 Å². The lowest BCUT2D eigenvalue weighted by molar-refractivity contribution is -0.170. The highest BCUT2D eigenvalue weighted by atomic mass is 16.6. The topological polar surface area (TPSA) is 158 Å². The monoisotopic (exact) mass is 714 g/mol. The van der Waals surface area contributed by atoms with Crippen LogP contribution in [0.5, 0.6) is 0 Å². The average Bonchev–Trinajstić information content (AvgIpc) is 3.83. The minimum Gasteiger partial charge on any atom is -0.460 e. The van der Waals surface area contributed by atoms with Crippen molar-refractivity contribution in [3.05, 3.63) is 49.1 Å². The number of carbonyl (C=O) groups excluding carboxylic acids is 6. The predicted octanol–water partition coefficient (Wildman–Crippen LogP) is 5.53. The number of hydrogen-bond acceptors (Lipinski definition) is 12. The SMILES string of the molecule is C=C(C)C(=O)OCC(=O)OC(CC(=O)OC(C)(C)C)C1CC2C=CC1C2.C=CC(=O)OCC(=O)OC(CC(=O)OC(C)(C)C)C1CC2C=CC1C2. The third-order valence-corrected chi connectivity index (χ3v) is 8.93. The van der Waals surface area contributed by atoms with Crippen molar-refractivity contribution >= 4 is 35.8 Å². The predicted molar refractivity (Wildman–Crippen MR) is 185 cm³/mol. The van der Waals surface area contributed by atoms with E-state index in [4.69, 9.17) is 28.4 Å². The van der Waals surface area contributed by atoms with Crippen molar-refractivity contribution in [2.75, 3.05) is 13.2 Å².